The van der Waals surface area contributed by atoms with Crippen LogP contribution >= 0.6 is 11.6 Å². The second-order valence-electron chi connectivity index (χ2n) is 6.76. The van der Waals surface area contributed by atoms with Crippen molar-refractivity contribution in [3.8, 4) is 11.6 Å². The molecule has 0 amide bonds. The molecule has 1 atom stereocenters. The molecule has 7 nitrogen and oxygen atoms in total. The first kappa shape index (κ1) is 21.0. The molecule has 1 aromatic heterocycles. The number of hydrogen-bond donors (Lipinski definition) is 2. The quantitative estimate of drug-likeness (QED) is 0.533. The number of rotatable bonds is 7. The van der Waals surface area contributed by atoms with Gasteiger partial charge in [-0.25, -0.2) is 9.98 Å². The number of nitrogens with one attached hydrogen (secondary N) is 2. The molecule has 0 aliphatic carbocycles. The van der Waals surface area contributed by atoms with E-state index >= 15 is 0 Å². The van der Waals surface area contributed by atoms with E-state index in [4.69, 9.17) is 21.1 Å². The van der Waals surface area contributed by atoms with Crippen molar-refractivity contribution in [3.63, 3.8) is 0 Å². The predicted molar refractivity (Wildman–Crippen MR) is 117 cm³/mol. The third kappa shape index (κ3) is 5.67. The van der Waals surface area contributed by atoms with Gasteiger partial charge in [-0.1, -0.05) is 17.7 Å². The van der Waals surface area contributed by atoms with Crippen LogP contribution in [0.25, 0.3) is 0 Å². The molecule has 156 valence electrons. The average Bonchev–Trinajstić information content (AvgIpc) is 3.20. The zero-order chi connectivity index (χ0) is 20.6. The number of pyridine rings is 1. The summed E-state index contributed by atoms with van der Waals surface area (Å²) in [7, 11) is 3.29. The fourth-order valence-electron chi connectivity index (χ4n) is 3.34. The SMILES string of the molecule is CCNC(=NCc1cccc(OC)n1)NC1CCN(c2cc(Cl)ccc2OC)C1. The lowest BCUT2D eigenvalue weighted by Gasteiger charge is -2.22. The van der Waals surface area contributed by atoms with Gasteiger partial charge in [0.05, 0.1) is 32.1 Å². The van der Waals surface area contributed by atoms with E-state index < -0.39 is 0 Å². The number of aromatic nitrogens is 1. The molecule has 0 radical (unpaired) electrons. The lowest BCUT2D eigenvalue weighted by molar-refractivity contribution is 0.396. The van der Waals surface area contributed by atoms with Gasteiger partial charge in [0.1, 0.15) is 5.75 Å². The number of hydrogen-bond acceptors (Lipinski definition) is 5. The van der Waals surface area contributed by atoms with E-state index in [2.05, 4.69) is 32.4 Å². The number of ether oxygens (including phenoxy) is 2. The van der Waals surface area contributed by atoms with Gasteiger partial charge in [0.25, 0.3) is 0 Å². The fraction of sp³-hybridized carbons (Fsp3) is 0.429. The first-order valence-electron chi connectivity index (χ1n) is 9.76. The van der Waals surface area contributed by atoms with E-state index in [1.54, 1.807) is 14.2 Å². The van der Waals surface area contributed by atoms with Crippen molar-refractivity contribution in [2.75, 3.05) is 38.8 Å². The van der Waals surface area contributed by atoms with Gasteiger partial charge in [-0.05, 0) is 37.6 Å². The number of methoxy groups -OCH3 is 2. The maximum atomic E-state index is 6.19. The van der Waals surface area contributed by atoms with E-state index in [-0.39, 0.29) is 6.04 Å². The van der Waals surface area contributed by atoms with Gasteiger partial charge in [-0.2, -0.15) is 0 Å². The molecule has 0 bridgehead atoms. The highest BCUT2D eigenvalue weighted by Crippen LogP contribution is 2.33. The highest BCUT2D eigenvalue weighted by molar-refractivity contribution is 6.30. The minimum absolute atomic E-state index is 0.273. The molecule has 2 heterocycles. The van der Waals surface area contributed by atoms with E-state index in [1.807, 2.05) is 36.4 Å². The molecule has 1 saturated heterocycles. The van der Waals surface area contributed by atoms with Gasteiger partial charge in [-0.3, -0.25) is 0 Å². The Kier molecular flexibility index (Phi) is 7.41. The molecule has 1 fully saturated rings. The summed E-state index contributed by atoms with van der Waals surface area (Å²) >= 11 is 6.19. The summed E-state index contributed by atoms with van der Waals surface area (Å²) in [5.74, 6) is 2.21. The Hall–Kier alpha value is -2.67. The van der Waals surface area contributed by atoms with Gasteiger partial charge in [0.2, 0.25) is 5.88 Å². The van der Waals surface area contributed by atoms with Crippen LogP contribution in [0.2, 0.25) is 5.02 Å². The fourth-order valence-corrected chi connectivity index (χ4v) is 3.51. The molecule has 2 aromatic rings. The molecular formula is C21H28ClN5O2. The van der Waals surface area contributed by atoms with Crippen LogP contribution in [0.5, 0.6) is 11.6 Å². The van der Waals surface area contributed by atoms with Gasteiger partial charge >= 0.3 is 0 Å². The third-order valence-corrected chi connectivity index (χ3v) is 4.98. The van der Waals surface area contributed by atoms with Crippen molar-refractivity contribution in [3.05, 3.63) is 47.1 Å². The second kappa shape index (κ2) is 10.2. The van der Waals surface area contributed by atoms with Crippen LogP contribution in [0.1, 0.15) is 19.0 Å². The number of anilines is 1. The molecule has 29 heavy (non-hydrogen) atoms. The first-order chi connectivity index (χ1) is 14.1. The number of halogens is 1. The lowest BCUT2D eigenvalue weighted by atomic mass is 10.2. The van der Waals surface area contributed by atoms with Crippen LogP contribution in [0.3, 0.4) is 0 Å². The summed E-state index contributed by atoms with van der Waals surface area (Å²) < 4.78 is 10.7. The molecule has 0 spiro atoms. The van der Waals surface area contributed by atoms with Gasteiger partial charge in [0.15, 0.2) is 5.96 Å². The summed E-state index contributed by atoms with van der Waals surface area (Å²) in [6, 6.07) is 11.7. The van der Waals surface area contributed by atoms with Crippen LogP contribution in [0, 0.1) is 0 Å². The summed E-state index contributed by atoms with van der Waals surface area (Å²) in [5.41, 5.74) is 1.88. The maximum Gasteiger partial charge on any atom is 0.213 e. The van der Waals surface area contributed by atoms with Crippen LogP contribution in [0.15, 0.2) is 41.4 Å². The third-order valence-electron chi connectivity index (χ3n) is 4.74. The van der Waals surface area contributed by atoms with E-state index in [0.29, 0.717) is 17.4 Å². The second-order valence-corrected chi connectivity index (χ2v) is 7.20. The molecule has 1 aliphatic rings. The van der Waals surface area contributed by atoms with Gasteiger partial charge in [0, 0.05) is 36.8 Å². The molecular weight excluding hydrogens is 390 g/mol. The van der Waals surface area contributed by atoms with Crippen molar-refractivity contribution < 1.29 is 9.47 Å². The normalized spacial score (nSPS) is 16.6. The molecule has 1 aromatic carbocycles. The summed E-state index contributed by atoms with van der Waals surface area (Å²) in [6.07, 6.45) is 0.998. The van der Waals surface area contributed by atoms with Crippen molar-refractivity contribution in [1.29, 1.82) is 0 Å². The van der Waals surface area contributed by atoms with E-state index in [1.165, 1.54) is 0 Å². The summed E-state index contributed by atoms with van der Waals surface area (Å²) in [4.78, 5) is 11.4. The first-order valence-corrected chi connectivity index (χ1v) is 10.1. The Balaban J connectivity index is 1.65. The lowest BCUT2D eigenvalue weighted by Crippen LogP contribution is -2.44. The van der Waals surface area contributed by atoms with Crippen LogP contribution < -0.4 is 25.0 Å². The Morgan fingerprint density at radius 2 is 2.14 bits per heavy atom. The molecule has 3 rings (SSSR count). The Morgan fingerprint density at radius 1 is 1.28 bits per heavy atom. The molecule has 0 saturated carbocycles. The van der Waals surface area contributed by atoms with Crippen LogP contribution in [-0.4, -0.2) is 50.8 Å². The summed E-state index contributed by atoms with van der Waals surface area (Å²) in [5, 5.41) is 7.55. The number of guanidine groups is 1. The van der Waals surface area contributed by atoms with Gasteiger partial charge in [-0.15, -0.1) is 0 Å². The maximum absolute atomic E-state index is 6.19. The zero-order valence-corrected chi connectivity index (χ0v) is 17.9. The number of nitrogens with zero attached hydrogens (tertiary/aromatic N) is 3. The number of aliphatic imine (C=N–C) groups is 1. The van der Waals surface area contributed by atoms with Gasteiger partial charge < -0.3 is 25.0 Å². The average molecular weight is 418 g/mol. The minimum atomic E-state index is 0.273. The topological polar surface area (TPSA) is 71.0 Å². The molecule has 1 unspecified atom stereocenters. The highest BCUT2D eigenvalue weighted by atomic mass is 35.5. The minimum Gasteiger partial charge on any atom is -0.495 e. The zero-order valence-electron chi connectivity index (χ0n) is 17.1. The largest absolute Gasteiger partial charge is 0.495 e. The van der Waals surface area contributed by atoms with E-state index in [0.717, 1.165) is 49.1 Å². The number of benzene rings is 1. The van der Waals surface area contributed by atoms with Crippen molar-refractivity contribution >= 4 is 23.2 Å². The highest BCUT2D eigenvalue weighted by Gasteiger charge is 2.25. The monoisotopic (exact) mass is 417 g/mol. The predicted octanol–water partition coefficient (Wildman–Crippen LogP) is 3.09. The summed E-state index contributed by atoms with van der Waals surface area (Å²) in [6.45, 7) is 5.09. The van der Waals surface area contributed by atoms with Crippen LogP contribution in [-0.2, 0) is 6.54 Å². The van der Waals surface area contributed by atoms with Crippen molar-refractivity contribution in [2.24, 2.45) is 4.99 Å². The Bertz CT molecular complexity index is 846. The molecule has 8 heteroatoms. The Morgan fingerprint density at radius 3 is 2.90 bits per heavy atom. The standard InChI is InChI=1S/C21H28ClN5O2/c1-4-23-21(24-13-16-6-5-7-20(25-16)29-3)26-17-10-11-27(14-17)18-12-15(22)8-9-19(18)28-2/h5-9,12,17H,4,10-11,13-14H2,1-3H3,(H2,23,24,26). The molecule has 2 N–H and O–H groups in total. The molecule has 1 aliphatic heterocycles. The van der Waals surface area contributed by atoms with Crippen molar-refractivity contribution in [1.82, 2.24) is 15.6 Å². The van der Waals surface area contributed by atoms with Crippen molar-refractivity contribution in [2.45, 2.75) is 25.9 Å². The smallest absolute Gasteiger partial charge is 0.213 e. The van der Waals surface area contributed by atoms with Crippen LogP contribution in [0.4, 0.5) is 5.69 Å². The van der Waals surface area contributed by atoms with E-state index in [9.17, 15) is 0 Å². The Labute approximate surface area is 177 Å².